The van der Waals surface area contributed by atoms with Gasteiger partial charge in [-0.1, -0.05) is 23.2 Å². The summed E-state index contributed by atoms with van der Waals surface area (Å²) < 4.78 is 0. The minimum absolute atomic E-state index is 0.0919. The van der Waals surface area contributed by atoms with Crippen LogP contribution in [0.5, 0.6) is 0 Å². The Kier molecular flexibility index (Phi) is 7.05. The lowest BCUT2D eigenvalue weighted by Gasteiger charge is -2.30. The van der Waals surface area contributed by atoms with E-state index in [-0.39, 0.29) is 12.1 Å². The van der Waals surface area contributed by atoms with E-state index < -0.39 is 0 Å². The summed E-state index contributed by atoms with van der Waals surface area (Å²) in [4.78, 5) is 20.7. The number of rotatable bonds is 6. The van der Waals surface area contributed by atoms with E-state index in [1.807, 2.05) is 38.1 Å². The molecule has 1 aromatic carbocycles. The zero-order valence-electron chi connectivity index (χ0n) is 14.5. The Morgan fingerprint density at radius 1 is 1.12 bits per heavy atom. The Bertz CT molecular complexity index is 709. The normalized spacial score (nSPS) is 12.1. The Morgan fingerprint density at radius 2 is 1.80 bits per heavy atom. The number of benzene rings is 1. The predicted octanol–water partition coefficient (Wildman–Crippen LogP) is 4.55. The molecule has 0 radical (unpaired) electrons. The standard InChI is InChI=1S/C18H22Cl2N4O/c1-13(14-6-8-21-9-7-14)24(11-10-23(2)3)18(25)22-15-4-5-16(19)17(20)12-15/h4-9,12-13H,10-11H2,1-3H3,(H,22,25). The van der Waals surface area contributed by atoms with E-state index in [0.717, 1.165) is 12.1 Å². The maximum atomic E-state index is 12.8. The fourth-order valence-electron chi connectivity index (χ4n) is 2.37. The summed E-state index contributed by atoms with van der Waals surface area (Å²) in [6, 6.07) is 8.58. The molecule has 1 unspecified atom stereocenters. The van der Waals surface area contributed by atoms with Gasteiger partial charge in [-0.3, -0.25) is 4.98 Å². The van der Waals surface area contributed by atoms with Crippen LogP contribution >= 0.6 is 23.2 Å². The summed E-state index contributed by atoms with van der Waals surface area (Å²) in [5, 5.41) is 3.75. The molecule has 0 aliphatic rings. The summed E-state index contributed by atoms with van der Waals surface area (Å²) >= 11 is 12.0. The molecule has 0 fully saturated rings. The van der Waals surface area contributed by atoms with Gasteiger partial charge in [0.25, 0.3) is 0 Å². The Morgan fingerprint density at radius 3 is 2.40 bits per heavy atom. The second-order valence-electron chi connectivity index (χ2n) is 6.01. The molecule has 2 rings (SSSR count). The first kappa shape index (κ1) is 19.5. The topological polar surface area (TPSA) is 48.5 Å². The Balaban J connectivity index is 2.18. The number of hydrogen-bond acceptors (Lipinski definition) is 3. The van der Waals surface area contributed by atoms with Crippen molar-refractivity contribution in [3.05, 3.63) is 58.3 Å². The lowest BCUT2D eigenvalue weighted by Crippen LogP contribution is -2.41. The first-order valence-corrected chi connectivity index (χ1v) is 8.71. The quantitative estimate of drug-likeness (QED) is 0.799. The number of urea groups is 1. The van der Waals surface area contributed by atoms with E-state index in [0.29, 0.717) is 22.3 Å². The van der Waals surface area contributed by atoms with E-state index >= 15 is 0 Å². The van der Waals surface area contributed by atoms with Crippen molar-refractivity contribution < 1.29 is 4.79 Å². The molecule has 0 spiro atoms. The molecule has 7 heteroatoms. The van der Waals surface area contributed by atoms with Crippen LogP contribution in [0.25, 0.3) is 0 Å². The molecule has 0 aliphatic heterocycles. The maximum Gasteiger partial charge on any atom is 0.322 e. The van der Waals surface area contributed by atoms with Crippen molar-refractivity contribution in [3.8, 4) is 0 Å². The Labute approximate surface area is 158 Å². The number of halogens is 2. The van der Waals surface area contributed by atoms with Gasteiger partial charge in [0.1, 0.15) is 0 Å². The molecule has 0 saturated heterocycles. The average molecular weight is 381 g/mol. The van der Waals surface area contributed by atoms with Crippen molar-refractivity contribution in [1.29, 1.82) is 0 Å². The van der Waals surface area contributed by atoms with Gasteiger partial charge in [0.2, 0.25) is 0 Å². The maximum absolute atomic E-state index is 12.8. The number of likely N-dealkylation sites (N-methyl/N-ethyl adjacent to an activating group) is 1. The third-order valence-electron chi connectivity index (χ3n) is 3.88. The van der Waals surface area contributed by atoms with E-state index in [4.69, 9.17) is 23.2 Å². The van der Waals surface area contributed by atoms with Gasteiger partial charge in [-0.25, -0.2) is 4.79 Å². The van der Waals surface area contributed by atoms with Crippen LogP contribution in [0, 0.1) is 0 Å². The fourth-order valence-corrected chi connectivity index (χ4v) is 2.67. The van der Waals surface area contributed by atoms with Gasteiger partial charge in [0.05, 0.1) is 16.1 Å². The highest BCUT2D eigenvalue weighted by molar-refractivity contribution is 6.42. The summed E-state index contributed by atoms with van der Waals surface area (Å²) in [6.45, 7) is 3.34. The van der Waals surface area contributed by atoms with Crippen molar-refractivity contribution in [2.75, 3.05) is 32.5 Å². The molecule has 5 nitrogen and oxygen atoms in total. The van der Waals surface area contributed by atoms with Gasteiger partial charge in [0, 0.05) is 31.2 Å². The average Bonchev–Trinajstić information content (AvgIpc) is 2.58. The minimum atomic E-state index is -0.190. The van der Waals surface area contributed by atoms with Crippen molar-refractivity contribution >= 4 is 34.9 Å². The Hall–Kier alpha value is -1.82. The molecular weight excluding hydrogens is 359 g/mol. The summed E-state index contributed by atoms with van der Waals surface area (Å²) in [6.07, 6.45) is 3.46. The predicted molar refractivity (Wildman–Crippen MR) is 103 cm³/mol. The van der Waals surface area contributed by atoms with Crippen LogP contribution in [0.15, 0.2) is 42.7 Å². The molecule has 2 aromatic rings. The van der Waals surface area contributed by atoms with Gasteiger partial charge in [-0.05, 0) is 56.9 Å². The number of amides is 2. The summed E-state index contributed by atoms with van der Waals surface area (Å²) in [5.74, 6) is 0. The van der Waals surface area contributed by atoms with E-state index in [1.54, 1.807) is 35.5 Å². The van der Waals surface area contributed by atoms with Gasteiger partial charge in [-0.2, -0.15) is 0 Å². The number of aromatic nitrogens is 1. The number of carbonyl (C=O) groups is 1. The van der Waals surface area contributed by atoms with Gasteiger partial charge in [0.15, 0.2) is 0 Å². The summed E-state index contributed by atoms with van der Waals surface area (Å²) in [5.41, 5.74) is 1.63. The van der Waals surface area contributed by atoms with Gasteiger partial charge < -0.3 is 15.1 Å². The second-order valence-corrected chi connectivity index (χ2v) is 6.83. The largest absolute Gasteiger partial charge is 0.322 e. The molecule has 2 amide bonds. The van der Waals surface area contributed by atoms with Crippen LogP contribution in [0.4, 0.5) is 10.5 Å². The molecular formula is C18H22Cl2N4O. The highest BCUT2D eigenvalue weighted by Gasteiger charge is 2.22. The zero-order valence-corrected chi connectivity index (χ0v) is 16.1. The number of anilines is 1. The third kappa shape index (κ3) is 5.59. The molecule has 1 heterocycles. The SMILES string of the molecule is CC(c1ccncc1)N(CCN(C)C)C(=O)Nc1ccc(Cl)c(Cl)c1. The molecule has 25 heavy (non-hydrogen) atoms. The van der Waals surface area contributed by atoms with Crippen LogP contribution in [-0.4, -0.2) is 48.0 Å². The second kappa shape index (κ2) is 9.04. The fraction of sp³-hybridized carbons (Fsp3) is 0.333. The van der Waals surface area contributed by atoms with E-state index in [9.17, 15) is 4.79 Å². The van der Waals surface area contributed by atoms with Crippen molar-refractivity contribution in [2.45, 2.75) is 13.0 Å². The number of carbonyl (C=O) groups excluding carboxylic acids is 1. The van der Waals surface area contributed by atoms with Crippen LogP contribution in [0.2, 0.25) is 10.0 Å². The number of nitrogens with zero attached hydrogens (tertiary/aromatic N) is 3. The van der Waals surface area contributed by atoms with E-state index in [2.05, 4.69) is 10.3 Å². The molecule has 1 aromatic heterocycles. The smallest absolute Gasteiger partial charge is 0.316 e. The van der Waals surface area contributed by atoms with Gasteiger partial charge in [-0.15, -0.1) is 0 Å². The molecule has 1 atom stereocenters. The van der Waals surface area contributed by atoms with Crippen molar-refractivity contribution in [1.82, 2.24) is 14.8 Å². The zero-order chi connectivity index (χ0) is 18.4. The molecule has 0 saturated carbocycles. The molecule has 0 aliphatic carbocycles. The number of pyridine rings is 1. The van der Waals surface area contributed by atoms with Crippen LogP contribution < -0.4 is 5.32 Å². The van der Waals surface area contributed by atoms with Crippen molar-refractivity contribution in [2.24, 2.45) is 0 Å². The molecule has 134 valence electrons. The first-order chi connectivity index (χ1) is 11.9. The third-order valence-corrected chi connectivity index (χ3v) is 4.61. The first-order valence-electron chi connectivity index (χ1n) is 7.96. The minimum Gasteiger partial charge on any atom is -0.316 e. The van der Waals surface area contributed by atoms with Crippen LogP contribution in [-0.2, 0) is 0 Å². The lowest BCUT2D eigenvalue weighted by atomic mass is 10.1. The number of nitrogens with one attached hydrogen (secondary N) is 1. The molecule has 0 bridgehead atoms. The van der Waals surface area contributed by atoms with E-state index in [1.165, 1.54) is 0 Å². The molecule has 1 N–H and O–H groups in total. The van der Waals surface area contributed by atoms with Gasteiger partial charge >= 0.3 is 6.03 Å². The monoisotopic (exact) mass is 380 g/mol. The van der Waals surface area contributed by atoms with Crippen molar-refractivity contribution in [3.63, 3.8) is 0 Å². The number of hydrogen-bond donors (Lipinski definition) is 1. The summed E-state index contributed by atoms with van der Waals surface area (Å²) in [7, 11) is 3.96. The highest BCUT2D eigenvalue weighted by atomic mass is 35.5. The van der Waals surface area contributed by atoms with Crippen LogP contribution in [0.1, 0.15) is 18.5 Å². The van der Waals surface area contributed by atoms with Crippen LogP contribution in [0.3, 0.4) is 0 Å². The lowest BCUT2D eigenvalue weighted by molar-refractivity contribution is 0.185. The highest BCUT2D eigenvalue weighted by Crippen LogP contribution is 2.26.